The first-order chi connectivity index (χ1) is 12.1. The fourth-order valence-corrected chi connectivity index (χ4v) is 3.52. The Hall–Kier alpha value is -0.290. The van der Waals surface area contributed by atoms with E-state index >= 15 is 0 Å². The minimum Gasteiger partial charge on any atom is -0.356 e. The number of hydrogen-bond donors (Lipinski definition) is 2. The molecule has 162 valence electrons. The van der Waals surface area contributed by atoms with Crippen LogP contribution in [0.3, 0.4) is 0 Å². The zero-order chi connectivity index (χ0) is 19.7. The van der Waals surface area contributed by atoms with Crippen molar-refractivity contribution >= 4 is 29.9 Å². The van der Waals surface area contributed by atoms with Gasteiger partial charge in [-0.2, -0.15) is 13.2 Å². The number of alkyl halides is 3. The normalized spacial score (nSPS) is 19.1. The molecule has 0 spiro atoms. The molecule has 0 aromatic rings. The van der Waals surface area contributed by atoms with Crippen LogP contribution in [0, 0.1) is 5.92 Å². The molecule has 2 N–H and O–H groups in total. The van der Waals surface area contributed by atoms with E-state index in [1.165, 1.54) is 4.90 Å². The van der Waals surface area contributed by atoms with Crippen LogP contribution in [0.1, 0.15) is 40.5 Å². The Labute approximate surface area is 179 Å². The summed E-state index contributed by atoms with van der Waals surface area (Å²) in [5.74, 6) is 0.952. The van der Waals surface area contributed by atoms with Crippen LogP contribution in [0.15, 0.2) is 4.99 Å². The Kier molecular flexibility index (Phi) is 12.9. The number of halogens is 4. The number of nitrogens with one attached hydrogen (secondary N) is 2. The maximum atomic E-state index is 12.4. The van der Waals surface area contributed by atoms with Gasteiger partial charge in [-0.1, -0.05) is 0 Å². The van der Waals surface area contributed by atoms with Gasteiger partial charge >= 0.3 is 6.18 Å². The van der Waals surface area contributed by atoms with Crippen molar-refractivity contribution in [3.8, 4) is 0 Å². The summed E-state index contributed by atoms with van der Waals surface area (Å²) in [6.07, 6.45) is -2.31. The lowest BCUT2D eigenvalue weighted by molar-refractivity contribution is -0.143. The first kappa shape index (κ1) is 26.7. The standard InChI is InChI=1S/C18H36F3N5.HI/c1-14(2)26(15(3)4)9-6-8-23-17(22-5)24-11-16-7-10-25(12-16)13-18(19,20)21;/h14-16H,6-13H2,1-5H3,(H2,22,23,24);1H. The van der Waals surface area contributed by atoms with Crippen molar-refractivity contribution in [3.05, 3.63) is 0 Å². The molecular formula is C18H37F3IN5. The molecule has 1 rings (SSSR count). The van der Waals surface area contributed by atoms with Crippen LogP contribution in [-0.2, 0) is 0 Å². The highest BCUT2D eigenvalue weighted by molar-refractivity contribution is 14.0. The third-order valence-corrected chi connectivity index (χ3v) is 4.77. The van der Waals surface area contributed by atoms with Crippen molar-refractivity contribution in [2.45, 2.75) is 58.8 Å². The van der Waals surface area contributed by atoms with Crippen LogP contribution in [-0.4, -0.2) is 80.3 Å². The molecule has 1 saturated heterocycles. The van der Waals surface area contributed by atoms with Crippen molar-refractivity contribution in [2.24, 2.45) is 10.9 Å². The van der Waals surface area contributed by atoms with E-state index in [0.717, 1.165) is 31.9 Å². The van der Waals surface area contributed by atoms with Crippen molar-refractivity contribution < 1.29 is 13.2 Å². The summed E-state index contributed by atoms with van der Waals surface area (Å²) < 4.78 is 37.3. The lowest BCUT2D eigenvalue weighted by Gasteiger charge is -2.30. The number of aliphatic imine (C=N–C) groups is 1. The Morgan fingerprint density at radius 3 is 2.33 bits per heavy atom. The lowest BCUT2D eigenvalue weighted by atomic mass is 10.1. The van der Waals surface area contributed by atoms with Gasteiger partial charge in [-0.05, 0) is 53.0 Å². The zero-order valence-electron chi connectivity index (χ0n) is 17.3. The molecule has 0 amide bonds. The molecule has 0 bridgehead atoms. The number of guanidine groups is 1. The highest BCUT2D eigenvalue weighted by Crippen LogP contribution is 2.22. The fourth-order valence-electron chi connectivity index (χ4n) is 3.52. The van der Waals surface area contributed by atoms with Gasteiger partial charge in [0.05, 0.1) is 6.54 Å². The second-order valence-corrected chi connectivity index (χ2v) is 7.66. The van der Waals surface area contributed by atoms with E-state index in [9.17, 15) is 13.2 Å². The van der Waals surface area contributed by atoms with Crippen molar-refractivity contribution in [1.82, 2.24) is 20.4 Å². The quantitative estimate of drug-likeness (QED) is 0.218. The first-order valence-corrected chi connectivity index (χ1v) is 9.61. The molecule has 0 radical (unpaired) electrons. The molecule has 1 aliphatic rings. The molecule has 0 aromatic heterocycles. The fraction of sp³-hybridized carbons (Fsp3) is 0.944. The highest BCUT2D eigenvalue weighted by Gasteiger charge is 2.34. The van der Waals surface area contributed by atoms with E-state index in [-0.39, 0.29) is 29.9 Å². The second-order valence-electron chi connectivity index (χ2n) is 7.66. The van der Waals surface area contributed by atoms with Crippen LogP contribution in [0.2, 0.25) is 0 Å². The summed E-state index contributed by atoms with van der Waals surface area (Å²) in [4.78, 5) is 8.13. The Bertz CT molecular complexity index is 422. The molecule has 9 heteroatoms. The number of rotatable bonds is 9. The molecule has 1 fully saturated rings. The third-order valence-electron chi connectivity index (χ3n) is 4.77. The average molecular weight is 507 g/mol. The van der Waals surface area contributed by atoms with Crippen molar-refractivity contribution in [2.75, 3.05) is 46.3 Å². The predicted molar refractivity (Wildman–Crippen MR) is 117 cm³/mol. The minimum absolute atomic E-state index is 0. The Morgan fingerprint density at radius 1 is 1.19 bits per heavy atom. The first-order valence-electron chi connectivity index (χ1n) is 9.61. The summed E-state index contributed by atoms with van der Waals surface area (Å²) in [6, 6.07) is 1.05. The van der Waals surface area contributed by atoms with Gasteiger partial charge < -0.3 is 10.6 Å². The summed E-state index contributed by atoms with van der Waals surface area (Å²) in [5, 5.41) is 6.54. The molecule has 0 aliphatic carbocycles. The van der Waals surface area contributed by atoms with Gasteiger partial charge in [0.15, 0.2) is 5.96 Å². The van der Waals surface area contributed by atoms with Gasteiger partial charge in [-0.3, -0.25) is 14.8 Å². The minimum atomic E-state index is -4.11. The maximum absolute atomic E-state index is 12.4. The maximum Gasteiger partial charge on any atom is 0.401 e. The molecule has 27 heavy (non-hydrogen) atoms. The molecule has 1 atom stereocenters. The molecule has 5 nitrogen and oxygen atoms in total. The SMILES string of the molecule is CN=C(NCCCN(C(C)C)C(C)C)NCC1CCN(CC(F)(F)F)C1.I. The largest absolute Gasteiger partial charge is 0.401 e. The molecule has 1 unspecified atom stereocenters. The number of hydrogen-bond acceptors (Lipinski definition) is 3. The van der Waals surface area contributed by atoms with E-state index in [1.807, 2.05) is 0 Å². The van der Waals surface area contributed by atoms with Crippen LogP contribution in [0.5, 0.6) is 0 Å². The van der Waals surface area contributed by atoms with E-state index in [0.29, 0.717) is 31.7 Å². The van der Waals surface area contributed by atoms with Crippen LogP contribution in [0.25, 0.3) is 0 Å². The van der Waals surface area contributed by atoms with E-state index in [1.54, 1.807) is 7.05 Å². The predicted octanol–water partition coefficient (Wildman–Crippen LogP) is 3.16. The smallest absolute Gasteiger partial charge is 0.356 e. The van der Waals surface area contributed by atoms with Crippen molar-refractivity contribution in [3.63, 3.8) is 0 Å². The Morgan fingerprint density at radius 2 is 1.81 bits per heavy atom. The summed E-state index contributed by atoms with van der Waals surface area (Å²) >= 11 is 0. The lowest BCUT2D eigenvalue weighted by Crippen LogP contribution is -2.42. The summed E-state index contributed by atoms with van der Waals surface area (Å²) in [5.41, 5.74) is 0. The molecule has 0 saturated carbocycles. The van der Waals surface area contributed by atoms with E-state index in [2.05, 4.69) is 48.2 Å². The van der Waals surface area contributed by atoms with E-state index < -0.39 is 12.7 Å². The van der Waals surface area contributed by atoms with Gasteiger partial charge in [0.25, 0.3) is 0 Å². The molecule has 1 aliphatic heterocycles. The summed E-state index contributed by atoms with van der Waals surface area (Å²) in [7, 11) is 1.72. The Balaban J connectivity index is 0.00000676. The molecular weight excluding hydrogens is 470 g/mol. The van der Waals surface area contributed by atoms with Crippen LogP contribution < -0.4 is 10.6 Å². The number of likely N-dealkylation sites (tertiary alicyclic amines) is 1. The monoisotopic (exact) mass is 507 g/mol. The third kappa shape index (κ3) is 11.3. The van der Waals surface area contributed by atoms with Crippen molar-refractivity contribution in [1.29, 1.82) is 0 Å². The molecule has 0 aromatic carbocycles. The van der Waals surface area contributed by atoms with Crippen LogP contribution >= 0.6 is 24.0 Å². The highest BCUT2D eigenvalue weighted by atomic mass is 127. The molecule has 1 heterocycles. The van der Waals surface area contributed by atoms with Crippen LogP contribution in [0.4, 0.5) is 13.2 Å². The van der Waals surface area contributed by atoms with Gasteiger partial charge in [0.2, 0.25) is 0 Å². The topological polar surface area (TPSA) is 42.9 Å². The average Bonchev–Trinajstić information content (AvgIpc) is 2.94. The van der Waals surface area contributed by atoms with Gasteiger partial charge in [0, 0.05) is 45.3 Å². The second kappa shape index (κ2) is 13.0. The van der Waals surface area contributed by atoms with Gasteiger partial charge in [0.1, 0.15) is 0 Å². The zero-order valence-corrected chi connectivity index (χ0v) is 19.6. The number of nitrogens with zero attached hydrogens (tertiary/aromatic N) is 3. The summed E-state index contributed by atoms with van der Waals surface area (Å²) in [6.45, 7) is 11.5. The van der Waals surface area contributed by atoms with Gasteiger partial charge in [-0.25, -0.2) is 0 Å². The van der Waals surface area contributed by atoms with Gasteiger partial charge in [-0.15, -0.1) is 24.0 Å². The van der Waals surface area contributed by atoms with E-state index in [4.69, 9.17) is 0 Å².